The second-order valence-corrected chi connectivity index (χ2v) is 4.29. The van der Waals surface area contributed by atoms with E-state index in [0.29, 0.717) is 11.3 Å². The lowest BCUT2D eigenvalue weighted by Gasteiger charge is -2.08. The minimum absolute atomic E-state index is 0.0921. The van der Waals surface area contributed by atoms with Crippen molar-refractivity contribution < 1.29 is 9.59 Å². The van der Waals surface area contributed by atoms with E-state index in [1.54, 1.807) is 24.3 Å². The number of benzene rings is 1. The predicted molar refractivity (Wildman–Crippen MR) is 68.0 cm³/mol. The number of Topliss-reactive ketones (excluding diaryl/α,β-unsaturated/α-hetero) is 1. The minimum atomic E-state index is -0.209. The molecule has 0 spiro atoms. The van der Waals surface area contributed by atoms with Gasteiger partial charge in [-0.05, 0) is 19.1 Å². The highest BCUT2D eigenvalue weighted by Crippen LogP contribution is 2.15. The Kier molecular flexibility index (Phi) is 5.24. The SMILES string of the molecule is CC(=O)c1ccccc1NC(=O)CSCC#N. The number of nitrogens with zero attached hydrogens (tertiary/aromatic N) is 1. The highest BCUT2D eigenvalue weighted by atomic mass is 32.2. The Balaban J connectivity index is 2.65. The molecule has 1 rings (SSSR count). The van der Waals surface area contributed by atoms with Gasteiger partial charge in [-0.1, -0.05) is 12.1 Å². The van der Waals surface area contributed by atoms with Crippen LogP contribution in [0, 0.1) is 11.3 Å². The van der Waals surface area contributed by atoms with Gasteiger partial charge in [-0.2, -0.15) is 5.26 Å². The molecule has 5 heteroatoms. The van der Waals surface area contributed by atoms with Crippen molar-refractivity contribution in [1.29, 1.82) is 5.26 Å². The van der Waals surface area contributed by atoms with Crippen LogP contribution < -0.4 is 5.32 Å². The molecule has 0 saturated heterocycles. The van der Waals surface area contributed by atoms with Gasteiger partial charge in [0.2, 0.25) is 5.91 Å². The summed E-state index contributed by atoms with van der Waals surface area (Å²) < 4.78 is 0. The summed E-state index contributed by atoms with van der Waals surface area (Å²) in [6, 6.07) is 8.80. The van der Waals surface area contributed by atoms with Crippen molar-refractivity contribution in [2.45, 2.75) is 6.92 Å². The number of rotatable bonds is 5. The molecule has 0 fully saturated rings. The number of hydrogen-bond acceptors (Lipinski definition) is 4. The van der Waals surface area contributed by atoms with E-state index in [1.165, 1.54) is 18.7 Å². The van der Waals surface area contributed by atoms with Crippen molar-refractivity contribution in [3.63, 3.8) is 0 Å². The van der Waals surface area contributed by atoms with Gasteiger partial charge in [-0.25, -0.2) is 0 Å². The quantitative estimate of drug-likeness (QED) is 0.639. The molecule has 0 unspecified atom stereocenters. The van der Waals surface area contributed by atoms with E-state index in [1.807, 2.05) is 6.07 Å². The zero-order chi connectivity index (χ0) is 12.7. The lowest BCUT2D eigenvalue weighted by atomic mass is 10.1. The van der Waals surface area contributed by atoms with Gasteiger partial charge >= 0.3 is 0 Å². The van der Waals surface area contributed by atoms with Crippen LogP contribution in [0.25, 0.3) is 0 Å². The minimum Gasteiger partial charge on any atom is -0.325 e. The third-order valence-electron chi connectivity index (χ3n) is 1.98. The molecule has 1 amide bonds. The lowest BCUT2D eigenvalue weighted by Crippen LogP contribution is -2.16. The van der Waals surface area contributed by atoms with E-state index in [-0.39, 0.29) is 23.2 Å². The van der Waals surface area contributed by atoms with Gasteiger partial charge in [0, 0.05) is 5.56 Å². The van der Waals surface area contributed by atoms with Crippen LogP contribution in [0.4, 0.5) is 5.69 Å². The van der Waals surface area contributed by atoms with Crippen LogP contribution in [0.15, 0.2) is 24.3 Å². The first kappa shape index (κ1) is 13.3. The molecule has 0 atom stereocenters. The first-order chi connectivity index (χ1) is 8.15. The number of ketones is 1. The molecule has 1 N–H and O–H groups in total. The molecule has 0 heterocycles. The molecule has 0 radical (unpaired) electrons. The van der Waals surface area contributed by atoms with Crippen LogP contribution >= 0.6 is 11.8 Å². The molecule has 4 nitrogen and oxygen atoms in total. The van der Waals surface area contributed by atoms with Crippen LogP contribution in [-0.2, 0) is 4.79 Å². The summed E-state index contributed by atoms with van der Waals surface area (Å²) in [4.78, 5) is 22.8. The zero-order valence-electron chi connectivity index (χ0n) is 9.40. The van der Waals surface area contributed by atoms with Crippen molar-refractivity contribution in [2.24, 2.45) is 0 Å². The molecular weight excluding hydrogens is 236 g/mol. The maximum absolute atomic E-state index is 11.5. The first-order valence-corrected chi connectivity index (χ1v) is 6.15. The largest absolute Gasteiger partial charge is 0.325 e. The van der Waals surface area contributed by atoms with Gasteiger partial charge in [0.25, 0.3) is 0 Å². The van der Waals surface area contributed by atoms with Crippen LogP contribution in [0.1, 0.15) is 17.3 Å². The van der Waals surface area contributed by atoms with Crippen molar-refractivity contribution in [3.05, 3.63) is 29.8 Å². The Hall–Kier alpha value is -1.80. The molecule has 1 aromatic carbocycles. The smallest absolute Gasteiger partial charge is 0.234 e. The molecule has 0 bridgehead atoms. The van der Waals surface area contributed by atoms with E-state index >= 15 is 0 Å². The number of nitrogens with one attached hydrogen (secondary N) is 1. The molecule has 0 saturated carbocycles. The Morgan fingerprint density at radius 2 is 2.12 bits per heavy atom. The average Bonchev–Trinajstić information content (AvgIpc) is 2.29. The second-order valence-electron chi connectivity index (χ2n) is 3.30. The summed E-state index contributed by atoms with van der Waals surface area (Å²) in [7, 11) is 0. The second kappa shape index (κ2) is 6.71. The number of thioether (sulfide) groups is 1. The molecule has 0 aromatic heterocycles. The molecule has 1 aromatic rings. The van der Waals surface area contributed by atoms with E-state index < -0.39 is 0 Å². The standard InChI is InChI=1S/C12H12N2O2S/c1-9(15)10-4-2-3-5-11(10)14-12(16)8-17-7-6-13/h2-5H,7-8H2,1H3,(H,14,16). The summed E-state index contributed by atoms with van der Waals surface area (Å²) in [6.45, 7) is 1.45. The van der Waals surface area contributed by atoms with E-state index in [4.69, 9.17) is 5.26 Å². The van der Waals surface area contributed by atoms with Gasteiger partial charge in [-0.15, -0.1) is 11.8 Å². The number of carbonyl (C=O) groups is 2. The number of carbonyl (C=O) groups excluding carboxylic acids is 2. The highest BCUT2D eigenvalue weighted by Gasteiger charge is 2.09. The Morgan fingerprint density at radius 1 is 1.41 bits per heavy atom. The molecular formula is C12H12N2O2S. The summed E-state index contributed by atoms with van der Waals surface area (Å²) in [5.74, 6) is 0.186. The maximum Gasteiger partial charge on any atom is 0.234 e. The van der Waals surface area contributed by atoms with E-state index in [0.717, 1.165) is 0 Å². The van der Waals surface area contributed by atoms with Crippen molar-refractivity contribution in [3.8, 4) is 6.07 Å². The number of amides is 1. The molecule has 88 valence electrons. The van der Waals surface area contributed by atoms with E-state index in [9.17, 15) is 9.59 Å². The Bertz CT molecular complexity index is 466. The van der Waals surface area contributed by atoms with Crippen molar-refractivity contribution in [2.75, 3.05) is 16.8 Å². The van der Waals surface area contributed by atoms with Crippen LogP contribution in [0.3, 0.4) is 0 Å². The number of para-hydroxylation sites is 1. The van der Waals surface area contributed by atoms with Crippen LogP contribution in [-0.4, -0.2) is 23.2 Å². The Morgan fingerprint density at radius 3 is 2.76 bits per heavy atom. The fraction of sp³-hybridized carbons (Fsp3) is 0.250. The third-order valence-corrected chi connectivity index (χ3v) is 2.78. The van der Waals surface area contributed by atoms with Crippen LogP contribution in [0.2, 0.25) is 0 Å². The fourth-order valence-corrected chi connectivity index (χ4v) is 1.73. The molecule has 0 aliphatic carbocycles. The maximum atomic E-state index is 11.5. The van der Waals surface area contributed by atoms with Gasteiger partial charge in [0.05, 0.1) is 23.3 Å². The van der Waals surface area contributed by atoms with Gasteiger partial charge in [-0.3, -0.25) is 9.59 Å². The number of anilines is 1. The molecule has 0 aliphatic heterocycles. The van der Waals surface area contributed by atoms with E-state index in [2.05, 4.69) is 5.32 Å². The van der Waals surface area contributed by atoms with Gasteiger partial charge < -0.3 is 5.32 Å². The molecule has 0 aliphatic rings. The van der Waals surface area contributed by atoms with Crippen molar-refractivity contribution >= 4 is 29.1 Å². The summed E-state index contributed by atoms with van der Waals surface area (Å²) in [5, 5.41) is 11.0. The predicted octanol–water partition coefficient (Wildman–Crippen LogP) is 2.08. The average molecular weight is 248 g/mol. The van der Waals surface area contributed by atoms with Gasteiger partial charge in [0.15, 0.2) is 5.78 Å². The normalized spacial score (nSPS) is 9.41. The summed E-state index contributed by atoms with van der Waals surface area (Å²) in [6.07, 6.45) is 0. The third kappa shape index (κ3) is 4.29. The molecule has 17 heavy (non-hydrogen) atoms. The van der Waals surface area contributed by atoms with Gasteiger partial charge in [0.1, 0.15) is 0 Å². The number of nitriles is 1. The lowest BCUT2D eigenvalue weighted by molar-refractivity contribution is -0.113. The van der Waals surface area contributed by atoms with Crippen molar-refractivity contribution in [1.82, 2.24) is 0 Å². The fourth-order valence-electron chi connectivity index (χ4n) is 1.27. The first-order valence-electron chi connectivity index (χ1n) is 4.99. The number of hydrogen-bond donors (Lipinski definition) is 1. The Labute approximate surface area is 104 Å². The summed E-state index contributed by atoms with van der Waals surface area (Å²) in [5.41, 5.74) is 1.01. The summed E-state index contributed by atoms with van der Waals surface area (Å²) >= 11 is 1.24. The highest BCUT2D eigenvalue weighted by molar-refractivity contribution is 8.00. The monoisotopic (exact) mass is 248 g/mol. The topological polar surface area (TPSA) is 70.0 Å². The van der Waals surface area contributed by atoms with Crippen LogP contribution in [0.5, 0.6) is 0 Å². The zero-order valence-corrected chi connectivity index (χ0v) is 10.2.